The lowest BCUT2D eigenvalue weighted by Crippen LogP contribution is -2.53. The van der Waals surface area contributed by atoms with Crippen molar-refractivity contribution in [1.29, 1.82) is 5.26 Å². The van der Waals surface area contributed by atoms with Gasteiger partial charge in [0.05, 0.1) is 0 Å². The quantitative estimate of drug-likeness (QED) is 0.609. The predicted octanol–water partition coefficient (Wildman–Crippen LogP) is 3.39. The van der Waals surface area contributed by atoms with Crippen LogP contribution in [0, 0.1) is 25.2 Å². The van der Waals surface area contributed by atoms with E-state index < -0.39 is 0 Å². The summed E-state index contributed by atoms with van der Waals surface area (Å²) in [4.78, 5) is 28.3. The van der Waals surface area contributed by atoms with Crippen LogP contribution in [0.25, 0.3) is 6.08 Å². The third kappa shape index (κ3) is 4.69. The number of urea groups is 1. The zero-order valence-electron chi connectivity index (χ0n) is 18.4. The molecule has 7 heteroatoms. The van der Waals surface area contributed by atoms with Crippen molar-refractivity contribution in [2.75, 3.05) is 32.7 Å². The zero-order valence-corrected chi connectivity index (χ0v) is 18.4. The average Bonchev–Trinajstić information content (AvgIpc) is 3.05. The summed E-state index contributed by atoms with van der Waals surface area (Å²) in [5.74, 6) is -0.254. The van der Waals surface area contributed by atoms with Crippen LogP contribution in [0.3, 0.4) is 0 Å². The van der Waals surface area contributed by atoms with Crippen molar-refractivity contribution < 1.29 is 9.59 Å². The van der Waals surface area contributed by atoms with Gasteiger partial charge in [-0.15, -0.1) is 0 Å². The van der Waals surface area contributed by atoms with E-state index in [-0.39, 0.29) is 17.5 Å². The monoisotopic (exact) mass is 411 g/mol. The highest BCUT2D eigenvalue weighted by Crippen LogP contribution is 2.32. The molecule has 0 radical (unpaired) electrons. The number of hydrogen-bond acceptors (Lipinski definition) is 3. The standard InChI is InChI=1S/C23H33N5O2/c1-4-25-23(30)27-12-10-26(11-13-27)22(29)20(16-24)15-19-14-17(2)28(18(19)3)21-8-6-5-7-9-21/h14-15,21H,4-13H2,1-3H3,(H,25,30)/b20-15+. The molecule has 1 aromatic rings. The summed E-state index contributed by atoms with van der Waals surface area (Å²) in [5, 5.41) is 12.5. The Balaban J connectivity index is 1.72. The first-order chi connectivity index (χ1) is 14.5. The lowest BCUT2D eigenvalue weighted by Gasteiger charge is -2.34. The summed E-state index contributed by atoms with van der Waals surface area (Å²) in [7, 11) is 0. The van der Waals surface area contributed by atoms with Crippen LogP contribution in [0.2, 0.25) is 0 Å². The van der Waals surface area contributed by atoms with Crippen LogP contribution in [0.1, 0.15) is 62.0 Å². The van der Waals surface area contributed by atoms with Gasteiger partial charge in [-0.25, -0.2) is 4.79 Å². The second-order valence-corrected chi connectivity index (χ2v) is 8.27. The molecule has 1 saturated carbocycles. The minimum absolute atomic E-state index is 0.101. The van der Waals surface area contributed by atoms with Crippen molar-refractivity contribution >= 4 is 18.0 Å². The molecule has 30 heavy (non-hydrogen) atoms. The number of aryl methyl sites for hydroxylation is 1. The predicted molar refractivity (Wildman–Crippen MR) is 117 cm³/mol. The molecule has 2 heterocycles. The number of nitrogens with zero attached hydrogens (tertiary/aromatic N) is 4. The molecule has 2 aliphatic rings. The fraction of sp³-hybridized carbons (Fsp3) is 0.609. The van der Waals surface area contributed by atoms with Gasteiger partial charge in [-0.3, -0.25) is 4.79 Å². The van der Waals surface area contributed by atoms with Crippen molar-refractivity contribution in [2.24, 2.45) is 0 Å². The van der Waals surface area contributed by atoms with Gasteiger partial charge in [0.15, 0.2) is 0 Å². The van der Waals surface area contributed by atoms with Gasteiger partial charge < -0.3 is 19.7 Å². The molecule has 1 aliphatic carbocycles. The molecule has 3 rings (SSSR count). The lowest BCUT2D eigenvalue weighted by molar-refractivity contribution is -0.128. The molecule has 1 N–H and O–H groups in total. The van der Waals surface area contributed by atoms with Crippen LogP contribution in [0.15, 0.2) is 11.6 Å². The van der Waals surface area contributed by atoms with E-state index in [2.05, 4.69) is 35.9 Å². The molecular weight excluding hydrogens is 378 g/mol. The third-order valence-corrected chi connectivity index (χ3v) is 6.30. The van der Waals surface area contributed by atoms with Gasteiger partial charge in [0, 0.05) is 50.2 Å². The molecular formula is C23H33N5O2. The van der Waals surface area contributed by atoms with E-state index in [1.807, 2.05) is 6.92 Å². The van der Waals surface area contributed by atoms with Gasteiger partial charge in [-0.05, 0) is 51.3 Å². The Kier molecular flexibility index (Phi) is 7.20. The highest BCUT2D eigenvalue weighted by molar-refractivity contribution is 6.02. The molecule has 0 aromatic carbocycles. The number of hydrogen-bond donors (Lipinski definition) is 1. The Hall–Kier alpha value is -2.75. The molecule has 3 amide bonds. The fourth-order valence-electron chi connectivity index (χ4n) is 4.69. The highest BCUT2D eigenvalue weighted by atomic mass is 16.2. The number of piperazine rings is 1. The third-order valence-electron chi connectivity index (χ3n) is 6.30. The first kappa shape index (κ1) is 21.9. The Labute approximate surface area is 179 Å². The van der Waals surface area contributed by atoms with Gasteiger partial charge in [0.25, 0.3) is 5.91 Å². The summed E-state index contributed by atoms with van der Waals surface area (Å²) in [6, 6.07) is 4.61. The van der Waals surface area contributed by atoms with Gasteiger partial charge in [0.1, 0.15) is 11.6 Å². The van der Waals surface area contributed by atoms with Crippen molar-refractivity contribution in [3.8, 4) is 6.07 Å². The molecule has 7 nitrogen and oxygen atoms in total. The first-order valence-electron chi connectivity index (χ1n) is 11.1. The second kappa shape index (κ2) is 9.84. The summed E-state index contributed by atoms with van der Waals surface area (Å²) < 4.78 is 2.38. The van der Waals surface area contributed by atoms with Crippen LogP contribution in [-0.4, -0.2) is 59.0 Å². The number of nitrogens with one attached hydrogen (secondary N) is 1. The normalized spacial score (nSPS) is 18.3. The largest absolute Gasteiger partial charge is 0.346 e. The summed E-state index contributed by atoms with van der Waals surface area (Å²) in [6.07, 6.45) is 7.95. The molecule has 0 unspecified atom stereocenters. The molecule has 0 bridgehead atoms. The van der Waals surface area contributed by atoms with E-state index in [1.54, 1.807) is 15.9 Å². The van der Waals surface area contributed by atoms with Crippen molar-refractivity contribution in [2.45, 2.75) is 58.9 Å². The average molecular weight is 412 g/mol. The number of amides is 3. The Bertz CT molecular complexity index is 850. The van der Waals surface area contributed by atoms with Crippen molar-refractivity contribution in [3.63, 3.8) is 0 Å². The first-order valence-corrected chi connectivity index (χ1v) is 11.1. The number of carbonyl (C=O) groups is 2. The molecule has 1 saturated heterocycles. The van der Waals surface area contributed by atoms with Gasteiger partial charge in [-0.2, -0.15) is 5.26 Å². The topological polar surface area (TPSA) is 81.4 Å². The van der Waals surface area contributed by atoms with E-state index in [1.165, 1.54) is 37.8 Å². The molecule has 1 aromatic heterocycles. The zero-order chi connectivity index (χ0) is 21.7. The molecule has 0 atom stereocenters. The van der Waals surface area contributed by atoms with Crippen LogP contribution >= 0.6 is 0 Å². The van der Waals surface area contributed by atoms with Crippen LogP contribution in [-0.2, 0) is 4.79 Å². The van der Waals surface area contributed by atoms with Gasteiger partial charge >= 0.3 is 6.03 Å². The summed E-state index contributed by atoms with van der Waals surface area (Å²) in [6.45, 7) is 8.49. The molecule has 162 valence electrons. The maximum atomic E-state index is 12.9. The highest BCUT2D eigenvalue weighted by Gasteiger charge is 2.26. The van der Waals surface area contributed by atoms with Crippen LogP contribution in [0.4, 0.5) is 4.79 Å². The maximum Gasteiger partial charge on any atom is 0.317 e. The summed E-state index contributed by atoms with van der Waals surface area (Å²) in [5.41, 5.74) is 3.42. The van der Waals surface area contributed by atoms with Crippen molar-refractivity contribution in [1.82, 2.24) is 19.7 Å². The summed E-state index contributed by atoms with van der Waals surface area (Å²) >= 11 is 0. The second-order valence-electron chi connectivity index (χ2n) is 8.27. The molecule has 0 spiro atoms. The lowest BCUT2D eigenvalue weighted by atomic mass is 9.95. The Morgan fingerprint density at radius 2 is 1.77 bits per heavy atom. The van der Waals surface area contributed by atoms with E-state index in [4.69, 9.17) is 0 Å². The molecule has 1 aliphatic heterocycles. The maximum absolute atomic E-state index is 12.9. The van der Waals surface area contributed by atoms with Crippen LogP contribution in [0.5, 0.6) is 0 Å². The number of carbonyl (C=O) groups excluding carboxylic acids is 2. The Morgan fingerprint density at radius 1 is 1.13 bits per heavy atom. The van der Waals surface area contributed by atoms with E-state index in [9.17, 15) is 14.9 Å². The van der Waals surface area contributed by atoms with E-state index in [0.717, 1.165) is 11.3 Å². The number of aromatic nitrogens is 1. The Morgan fingerprint density at radius 3 is 2.37 bits per heavy atom. The SMILES string of the molecule is CCNC(=O)N1CCN(C(=O)/C(C#N)=C/c2cc(C)n(C3CCCCC3)c2C)CC1. The van der Waals surface area contributed by atoms with Crippen molar-refractivity contribution in [3.05, 3.63) is 28.6 Å². The minimum Gasteiger partial charge on any atom is -0.346 e. The van der Waals surface area contributed by atoms with E-state index in [0.29, 0.717) is 38.8 Å². The smallest absolute Gasteiger partial charge is 0.317 e. The van der Waals surface area contributed by atoms with Gasteiger partial charge in [-0.1, -0.05) is 19.3 Å². The molecule has 2 fully saturated rings. The van der Waals surface area contributed by atoms with Crippen LogP contribution < -0.4 is 5.32 Å². The minimum atomic E-state index is -0.254. The van der Waals surface area contributed by atoms with Gasteiger partial charge in [0.2, 0.25) is 0 Å². The number of nitriles is 1. The van der Waals surface area contributed by atoms with E-state index >= 15 is 0 Å². The number of rotatable bonds is 4. The fourth-order valence-corrected chi connectivity index (χ4v) is 4.69.